The van der Waals surface area contributed by atoms with Crippen LogP contribution in [-0.4, -0.2) is 49.2 Å². The van der Waals surface area contributed by atoms with Crippen LogP contribution in [0.4, 0.5) is 0 Å². The van der Waals surface area contributed by atoms with Crippen molar-refractivity contribution in [2.45, 2.75) is 25.4 Å². The van der Waals surface area contributed by atoms with Crippen molar-refractivity contribution >= 4 is 29.1 Å². The topological polar surface area (TPSA) is 71.0 Å². The molecule has 1 fully saturated rings. The van der Waals surface area contributed by atoms with Crippen LogP contribution >= 0.6 is 12.4 Å². The number of amides is 1. The van der Waals surface area contributed by atoms with Crippen LogP contribution in [0.3, 0.4) is 0 Å². The van der Waals surface area contributed by atoms with Crippen molar-refractivity contribution in [1.29, 1.82) is 0 Å². The van der Waals surface area contributed by atoms with E-state index < -0.39 is 0 Å². The summed E-state index contributed by atoms with van der Waals surface area (Å²) in [6, 6.07) is 23.2. The van der Waals surface area contributed by atoms with Crippen LogP contribution < -0.4 is 14.8 Å². The monoisotopic (exact) mass is 544 g/mol. The lowest BCUT2D eigenvalue weighted by atomic mass is 9.85. The molecule has 0 radical (unpaired) electrons. The van der Waals surface area contributed by atoms with E-state index in [1.165, 1.54) is 19.3 Å². The minimum atomic E-state index is -0.381. The molecule has 1 amide bonds. The summed E-state index contributed by atoms with van der Waals surface area (Å²) >= 11 is 0. The standard InChI is InChI=1S/C32H32N2O4.ClH/c1-33-32(36)23-8-12-27-28-13-7-22-19-24(35)9-14-26(22)30(28)31(38-29(27)20-23)21-5-10-25(11-6-21)37-18-17-34-15-3-2-4-16-34;/h5-14,19-20,31,35H,2-4,15-18H2,1H3,(H,33,36);1H. The second kappa shape index (κ2) is 11.6. The van der Waals surface area contributed by atoms with E-state index in [0.717, 1.165) is 58.4 Å². The average molecular weight is 545 g/mol. The van der Waals surface area contributed by atoms with Crippen LogP contribution in [0, 0.1) is 0 Å². The fourth-order valence-electron chi connectivity index (χ4n) is 5.62. The molecule has 1 saturated heterocycles. The highest BCUT2D eigenvalue weighted by Crippen LogP contribution is 2.48. The number of nitrogens with zero attached hydrogens (tertiary/aromatic N) is 1. The third-order valence-electron chi connectivity index (χ3n) is 7.62. The number of ether oxygens (including phenoxy) is 2. The molecule has 6 nitrogen and oxygen atoms in total. The number of likely N-dealkylation sites (tertiary alicyclic amines) is 1. The summed E-state index contributed by atoms with van der Waals surface area (Å²) < 4.78 is 12.7. The summed E-state index contributed by atoms with van der Waals surface area (Å²) in [5.41, 5.74) is 4.58. The molecule has 1 unspecified atom stereocenters. The zero-order valence-corrected chi connectivity index (χ0v) is 22.8. The van der Waals surface area contributed by atoms with Crippen molar-refractivity contribution in [3.05, 3.63) is 89.5 Å². The number of benzene rings is 4. The van der Waals surface area contributed by atoms with E-state index >= 15 is 0 Å². The Labute approximate surface area is 235 Å². The maximum Gasteiger partial charge on any atom is 0.251 e. The van der Waals surface area contributed by atoms with Crippen LogP contribution in [0.25, 0.3) is 21.9 Å². The van der Waals surface area contributed by atoms with Crippen molar-refractivity contribution < 1.29 is 19.4 Å². The number of halogens is 1. The Kier molecular flexibility index (Phi) is 7.96. The number of hydrogen-bond acceptors (Lipinski definition) is 5. The van der Waals surface area contributed by atoms with Crippen LogP contribution in [0.5, 0.6) is 17.2 Å². The van der Waals surface area contributed by atoms with Gasteiger partial charge in [0.15, 0.2) is 6.10 Å². The second-order valence-electron chi connectivity index (χ2n) is 10.0. The smallest absolute Gasteiger partial charge is 0.251 e. The molecule has 0 spiro atoms. The quantitative estimate of drug-likeness (QED) is 0.296. The maximum absolute atomic E-state index is 12.3. The van der Waals surface area contributed by atoms with Gasteiger partial charge in [-0.1, -0.05) is 36.8 Å². The number of phenolic OH excluding ortho intramolecular Hbond substituents is 1. The fourth-order valence-corrected chi connectivity index (χ4v) is 5.62. The van der Waals surface area contributed by atoms with Gasteiger partial charge in [0.25, 0.3) is 5.91 Å². The van der Waals surface area contributed by atoms with E-state index in [2.05, 4.69) is 28.4 Å². The predicted octanol–water partition coefficient (Wildman–Crippen LogP) is 6.34. The first-order chi connectivity index (χ1) is 18.6. The number of phenols is 1. The normalized spacial score (nSPS) is 16.4. The first kappa shape index (κ1) is 26.9. The SMILES string of the molecule is CNC(=O)c1ccc2c(c1)OC(c1ccc(OCCN3CCCCC3)cc1)c1c-2ccc2cc(O)ccc12.Cl. The summed E-state index contributed by atoms with van der Waals surface area (Å²) in [5, 5.41) is 14.7. The molecule has 0 aromatic heterocycles. The van der Waals surface area contributed by atoms with Gasteiger partial charge in [-0.3, -0.25) is 9.69 Å². The van der Waals surface area contributed by atoms with Gasteiger partial charge in [-0.05, 0) is 90.3 Å². The summed E-state index contributed by atoms with van der Waals surface area (Å²) in [6.07, 6.45) is 3.51. The fraction of sp³-hybridized carbons (Fsp3) is 0.281. The van der Waals surface area contributed by atoms with Crippen molar-refractivity contribution in [2.24, 2.45) is 0 Å². The zero-order chi connectivity index (χ0) is 26.1. The molecule has 0 aliphatic carbocycles. The van der Waals surface area contributed by atoms with E-state index in [-0.39, 0.29) is 30.2 Å². The molecular formula is C32H33ClN2O4. The Balaban J connectivity index is 0.00000308. The van der Waals surface area contributed by atoms with Gasteiger partial charge in [-0.2, -0.15) is 0 Å². The minimum Gasteiger partial charge on any atom is -0.508 e. The molecule has 202 valence electrons. The Hall–Kier alpha value is -3.74. The van der Waals surface area contributed by atoms with E-state index in [4.69, 9.17) is 9.47 Å². The Bertz CT molecular complexity index is 1480. The maximum atomic E-state index is 12.3. The van der Waals surface area contributed by atoms with Gasteiger partial charge in [0, 0.05) is 30.3 Å². The molecule has 2 aliphatic heterocycles. The number of aromatic hydroxyl groups is 1. The summed E-state index contributed by atoms with van der Waals surface area (Å²) in [5.74, 6) is 1.58. The predicted molar refractivity (Wildman–Crippen MR) is 156 cm³/mol. The number of fused-ring (bicyclic) bond motifs is 5. The van der Waals surface area contributed by atoms with Gasteiger partial charge in [0.05, 0.1) is 0 Å². The summed E-state index contributed by atoms with van der Waals surface area (Å²) in [6.45, 7) is 3.95. The third-order valence-corrected chi connectivity index (χ3v) is 7.62. The van der Waals surface area contributed by atoms with Gasteiger partial charge in [-0.15, -0.1) is 12.4 Å². The van der Waals surface area contributed by atoms with E-state index in [1.807, 2.05) is 42.5 Å². The number of carbonyl (C=O) groups is 1. The molecule has 4 aromatic rings. The first-order valence-corrected chi connectivity index (χ1v) is 13.3. The van der Waals surface area contributed by atoms with Gasteiger partial charge < -0.3 is 19.9 Å². The average Bonchev–Trinajstić information content (AvgIpc) is 2.96. The van der Waals surface area contributed by atoms with Crippen LogP contribution in [0.1, 0.15) is 46.9 Å². The molecule has 1 atom stereocenters. The Morgan fingerprint density at radius 3 is 2.51 bits per heavy atom. The van der Waals surface area contributed by atoms with E-state index in [9.17, 15) is 9.90 Å². The molecule has 2 aliphatic rings. The summed E-state index contributed by atoms with van der Waals surface area (Å²) in [4.78, 5) is 14.8. The lowest BCUT2D eigenvalue weighted by Gasteiger charge is -2.31. The van der Waals surface area contributed by atoms with Crippen molar-refractivity contribution in [2.75, 3.05) is 33.3 Å². The number of nitrogens with one attached hydrogen (secondary N) is 1. The van der Waals surface area contributed by atoms with Gasteiger partial charge in [-0.25, -0.2) is 0 Å². The Morgan fingerprint density at radius 1 is 0.974 bits per heavy atom. The van der Waals surface area contributed by atoms with Gasteiger partial charge in [0.1, 0.15) is 23.9 Å². The molecule has 0 saturated carbocycles. The lowest BCUT2D eigenvalue weighted by Crippen LogP contribution is -2.33. The first-order valence-electron chi connectivity index (χ1n) is 13.3. The molecule has 2 N–H and O–H groups in total. The molecule has 0 bridgehead atoms. The number of rotatable bonds is 6. The molecule has 6 rings (SSSR count). The highest BCUT2D eigenvalue weighted by atomic mass is 35.5. The zero-order valence-electron chi connectivity index (χ0n) is 22.0. The van der Waals surface area contributed by atoms with Crippen LogP contribution in [-0.2, 0) is 0 Å². The largest absolute Gasteiger partial charge is 0.508 e. The Morgan fingerprint density at radius 2 is 1.74 bits per heavy atom. The van der Waals surface area contributed by atoms with E-state index in [0.29, 0.717) is 17.9 Å². The molecule has 2 heterocycles. The number of carbonyl (C=O) groups excluding carboxylic acids is 1. The van der Waals surface area contributed by atoms with Crippen LogP contribution in [0.2, 0.25) is 0 Å². The lowest BCUT2D eigenvalue weighted by molar-refractivity contribution is 0.0962. The highest BCUT2D eigenvalue weighted by molar-refractivity contribution is 5.98. The second-order valence-corrected chi connectivity index (χ2v) is 10.0. The van der Waals surface area contributed by atoms with Crippen molar-refractivity contribution in [3.63, 3.8) is 0 Å². The van der Waals surface area contributed by atoms with Crippen molar-refractivity contribution in [3.8, 4) is 28.4 Å². The molecule has 4 aromatic carbocycles. The van der Waals surface area contributed by atoms with Gasteiger partial charge in [0.2, 0.25) is 0 Å². The molecule has 39 heavy (non-hydrogen) atoms. The van der Waals surface area contributed by atoms with Crippen LogP contribution in [0.15, 0.2) is 72.8 Å². The number of hydrogen-bond donors (Lipinski definition) is 2. The third kappa shape index (κ3) is 5.40. The minimum absolute atomic E-state index is 0. The number of piperidine rings is 1. The highest BCUT2D eigenvalue weighted by Gasteiger charge is 2.30. The molecule has 7 heteroatoms. The van der Waals surface area contributed by atoms with Crippen molar-refractivity contribution in [1.82, 2.24) is 10.2 Å². The molecular weight excluding hydrogens is 512 g/mol. The van der Waals surface area contributed by atoms with E-state index in [1.54, 1.807) is 19.2 Å². The summed E-state index contributed by atoms with van der Waals surface area (Å²) in [7, 11) is 1.62. The van der Waals surface area contributed by atoms with Gasteiger partial charge >= 0.3 is 0 Å².